The molecule has 0 saturated heterocycles. The molecule has 1 rings (SSSR count). The zero-order valence-corrected chi connectivity index (χ0v) is 10.5. The fourth-order valence-corrected chi connectivity index (χ4v) is 1.69. The van der Waals surface area contributed by atoms with Crippen molar-refractivity contribution in [3.05, 3.63) is 49.3 Å². The lowest BCUT2D eigenvalue weighted by atomic mass is 10.2. The van der Waals surface area contributed by atoms with Crippen molar-refractivity contribution >= 4 is 5.69 Å². The number of rotatable bonds is 8. The Morgan fingerprint density at radius 2 is 2.06 bits per heavy atom. The number of pyridine rings is 1. The predicted octanol–water partition coefficient (Wildman–Crippen LogP) is 2.37. The van der Waals surface area contributed by atoms with Gasteiger partial charge in [0.2, 0.25) is 0 Å². The number of nitrogens with one attached hydrogen (secondary N) is 1. The molecule has 0 saturated carbocycles. The molecule has 1 heterocycles. The second-order valence-electron chi connectivity index (χ2n) is 3.77. The Morgan fingerprint density at radius 1 is 1.35 bits per heavy atom. The fraction of sp³-hybridized carbons (Fsp3) is 0.357. The van der Waals surface area contributed by atoms with E-state index in [0.717, 1.165) is 31.9 Å². The summed E-state index contributed by atoms with van der Waals surface area (Å²) in [6.45, 7) is 13.1. The molecule has 0 atom stereocenters. The van der Waals surface area contributed by atoms with Crippen molar-refractivity contribution in [1.29, 1.82) is 0 Å². The van der Waals surface area contributed by atoms with E-state index in [9.17, 15) is 0 Å². The van der Waals surface area contributed by atoms with E-state index in [4.69, 9.17) is 0 Å². The highest BCUT2D eigenvalue weighted by atomic mass is 15.1. The van der Waals surface area contributed by atoms with Crippen molar-refractivity contribution in [2.75, 3.05) is 24.5 Å². The first-order chi connectivity index (χ1) is 8.33. The third-order valence-corrected chi connectivity index (χ3v) is 2.49. The Balaban J connectivity index is 2.90. The SMILES string of the molecule is C=CCN(CC=C)c1cnccc1CNCC. The minimum atomic E-state index is 0.802. The highest BCUT2D eigenvalue weighted by Gasteiger charge is 2.08. The summed E-state index contributed by atoms with van der Waals surface area (Å²) in [5.74, 6) is 0. The first kappa shape index (κ1) is 13.5. The van der Waals surface area contributed by atoms with Gasteiger partial charge in [0.25, 0.3) is 0 Å². The Hall–Kier alpha value is -1.61. The maximum Gasteiger partial charge on any atom is 0.0603 e. The molecule has 0 fully saturated rings. The van der Waals surface area contributed by atoms with E-state index in [1.54, 1.807) is 0 Å². The Morgan fingerprint density at radius 3 is 2.65 bits per heavy atom. The highest BCUT2D eigenvalue weighted by Crippen LogP contribution is 2.18. The van der Waals surface area contributed by atoms with Crippen LogP contribution in [0.25, 0.3) is 0 Å². The third-order valence-electron chi connectivity index (χ3n) is 2.49. The van der Waals surface area contributed by atoms with Crippen LogP contribution in [0.1, 0.15) is 12.5 Å². The van der Waals surface area contributed by atoms with Gasteiger partial charge in [0.1, 0.15) is 0 Å². The van der Waals surface area contributed by atoms with Gasteiger partial charge >= 0.3 is 0 Å². The first-order valence-corrected chi connectivity index (χ1v) is 5.93. The van der Waals surface area contributed by atoms with Crippen LogP contribution in [0.4, 0.5) is 5.69 Å². The zero-order valence-electron chi connectivity index (χ0n) is 10.5. The monoisotopic (exact) mass is 231 g/mol. The van der Waals surface area contributed by atoms with Gasteiger partial charge in [-0.15, -0.1) is 13.2 Å². The van der Waals surface area contributed by atoms with Crippen LogP contribution in [0.15, 0.2) is 43.8 Å². The molecule has 92 valence electrons. The Labute approximate surface area is 104 Å². The van der Waals surface area contributed by atoms with Gasteiger partial charge in [-0.1, -0.05) is 19.1 Å². The molecule has 0 radical (unpaired) electrons. The second-order valence-corrected chi connectivity index (χ2v) is 3.77. The van der Waals surface area contributed by atoms with E-state index >= 15 is 0 Å². The average Bonchev–Trinajstić information content (AvgIpc) is 2.36. The summed E-state index contributed by atoms with van der Waals surface area (Å²) >= 11 is 0. The van der Waals surface area contributed by atoms with Crippen LogP contribution in [-0.4, -0.2) is 24.6 Å². The molecule has 17 heavy (non-hydrogen) atoms. The van der Waals surface area contributed by atoms with Crippen LogP contribution in [0.3, 0.4) is 0 Å². The normalized spacial score (nSPS) is 9.94. The molecule has 1 aromatic heterocycles. The summed E-state index contributed by atoms with van der Waals surface area (Å²) in [6.07, 6.45) is 7.52. The summed E-state index contributed by atoms with van der Waals surface area (Å²) in [5.41, 5.74) is 2.40. The van der Waals surface area contributed by atoms with E-state index in [1.165, 1.54) is 5.56 Å². The number of aromatic nitrogens is 1. The van der Waals surface area contributed by atoms with Gasteiger partial charge in [-0.2, -0.15) is 0 Å². The summed E-state index contributed by atoms with van der Waals surface area (Å²) < 4.78 is 0. The van der Waals surface area contributed by atoms with Crippen molar-refractivity contribution in [3.63, 3.8) is 0 Å². The molecule has 0 bridgehead atoms. The minimum absolute atomic E-state index is 0.802. The smallest absolute Gasteiger partial charge is 0.0603 e. The van der Waals surface area contributed by atoms with Gasteiger partial charge in [-0.05, 0) is 18.2 Å². The number of hydrogen-bond acceptors (Lipinski definition) is 3. The minimum Gasteiger partial charge on any atom is -0.363 e. The number of nitrogens with zero attached hydrogens (tertiary/aromatic N) is 2. The van der Waals surface area contributed by atoms with E-state index in [1.807, 2.05) is 24.5 Å². The molecule has 0 aliphatic rings. The molecule has 0 unspecified atom stereocenters. The van der Waals surface area contributed by atoms with Crippen molar-refractivity contribution in [2.24, 2.45) is 0 Å². The van der Waals surface area contributed by atoms with Gasteiger partial charge in [-0.25, -0.2) is 0 Å². The third kappa shape index (κ3) is 4.04. The van der Waals surface area contributed by atoms with Crippen LogP contribution < -0.4 is 10.2 Å². The maximum absolute atomic E-state index is 4.20. The Bertz CT molecular complexity index is 350. The predicted molar refractivity (Wildman–Crippen MR) is 74.2 cm³/mol. The summed E-state index contributed by atoms with van der Waals surface area (Å²) in [5, 5.41) is 3.34. The van der Waals surface area contributed by atoms with Gasteiger partial charge < -0.3 is 10.2 Å². The second kappa shape index (κ2) is 7.63. The lowest BCUT2D eigenvalue weighted by molar-refractivity contribution is 0.722. The van der Waals surface area contributed by atoms with Crippen molar-refractivity contribution < 1.29 is 0 Å². The lowest BCUT2D eigenvalue weighted by Crippen LogP contribution is -2.25. The fourth-order valence-electron chi connectivity index (χ4n) is 1.69. The largest absolute Gasteiger partial charge is 0.363 e. The molecule has 3 heteroatoms. The van der Waals surface area contributed by atoms with Crippen LogP contribution >= 0.6 is 0 Å². The van der Waals surface area contributed by atoms with Gasteiger partial charge in [0.05, 0.1) is 11.9 Å². The lowest BCUT2D eigenvalue weighted by Gasteiger charge is -2.24. The van der Waals surface area contributed by atoms with E-state index in [0.29, 0.717) is 0 Å². The molecule has 1 N–H and O–H groups in total. The molecule has 0 amide bonds. The van der Waals surface area contributed by atoms with Crippen molar-refractivity contribution in [2.45, 2.75) is 13.5 Å². The molecular formula is C14H21N3. The summed E-state index contributed by atoms with van der Waals surface area (Å²) in [4.78, 5) is 6.41. The average molecular weight is 231 g/mol. The summed E-state index contributed by atoms with van der Waals surface area (Å²) in [7, 11) is 0. The van der Waals surface area contributed by atoms with Crippen LogP contribution in [0, 0.1) is 0 Å². The maximum atomic E-state index is 4.20. The van der Waals surface area contributed by atoms with Crippen LogP contribution in [0.5, 0.6) is 0 Å². The van der Waals surface area contributed by atoms with Crippen LogP contribution in [0.2, 0.25) is 0 Å². The molecule has 0 spiro atoms. The van der Waals surface area contributed by atoms with E-state index < -0.39 is 0 Å². The molecule has 0 aromatic carbocycles. The molecule has 1 aromatic rings. The van der Waals surface area contributed by atoms with E-state index in [2.05, 4.69) is 41.3 Å². The highest BCUT2D eigenvalue weighted by molar-refractivity contribution is 5.52. The Kier molecular flexibility index (Phi) is 6.04. The number of hydrogen-bond donors (Lipinski definition) is 1. The standard InChI is InChI=1S/C14H21N3/c1-4-9-17(10-5-2)14-12-16-8-7-13(14)11-15-6-3/h4-5,7-8,12,15H,1-2,6,9-11H2,3H3. The van der Waals surface area contributed by atoms with Gasteiger partial charge in [-0.3, -0.25) is 4.98 Å². The molecule has 0 aliphatic carbocycles. The summed E-state index contributed by atoms with van der Waals surface area (Å²) in [6, 6.07) is 2.05. The van der Waals surface area contributed by atoms with E-state index in [-0.39, 0.29) is 0 Å². The van der Waals surface area contributed by atoms with Crippen molar-refractivity contribution in [3.8, 4) is 0 Å². The molecule has 0 aliphatic heterocycles. The van der Waals surface area contributed by atoms with Gasteiger partial charge in [0.15, 0.2) is 0 Å². The molecule has 3 nitrogen and oxygen atoms in total. The number of anilines is 1. The first-order valence-electron chi connectivity index (χ1n) is 5.93. The van der Waals surface area contributed by atoms with Crippen molar-refractivity contribution in [1.82, 2.24) is 10.3 Å². The molecular weight excluding hydrogens is 210 g/mol. The topological polar surface area (TPSA) is 28.2 Å². The zero-order chi connectivity index (χ0) is 12.5. The van der Waals surface area contributed by atoms with Crippen LogP contribution in [-0.2, 0) is 6.54 Å². The van der Waals surface area contributed by atoms with Gasteiger partial charge in [0, 0.05) is 25.8 Å². The quantitative estimate of drug-likeness (QED) is 0.696.